The fraction of sp³-hybridized carbons (Fsp3) is 0.286. The predicted octanol–water partition coefficient (Wildman–Crippen LogP) is 6.15. The van der Waals surface area contributed by atoms with Crippen LogP contribution in [0.4, 0.5) is 4.39 Å². The third kappa shape index (κ3) is 3.63. The average Bonchev–Trinajstić information content (AvgIpc) is 2.74. The molecule has 2 rings (SSSR count). The van der Waals surface area contributed by atoms with Crippen LogP contribution in [-0.4, -0.2) is 6.54 Å². The van der Waals surface area contributed by atoms with Gasteiger partial charge in [0.25, 0.3) is 0 Å². The Balaban J connectivity index is 2.44. The van der Waals surface area contributed by atoms with E-state index in [2.05, 4.69) is 44.1 Å². The highest BCUT2D eigenvalue weighted by atomic mass is 79.9. The van der Waals surface area contributed by atoms with Gasteiger partial charge in [0, 0.05) is 10.4 Å². The first-order valence-corrected chi connectivity index (χ1v) is 8.94. The summed E-state index contributed by atoms with van der Waals surface area (Å²) in [5, 5.41) is 4.04. The minimum absolute atomic E-state index is 0.193. The smallest absolute Gasteiger partial charge is 0.142 e. The molecule has 1 heterocycles. The van der Waals surface area contributed by atoms with Gasteiger partial charge < -0.3 is 5.32 Å². The minimum Gasteiger partial charge on any atom is -0.306 e. The SMILES string of the molecule is CCCNC(c1cc(Cl)c(Br)s1)c1cccc(Br)c1F. The molecule has 1 unspecified atom stereocenters. The lowest BCUT2D eigenvalue weighted by molar-refractivity contribution is 0.547. The molecule has 1 aromatic carbocycles. The van der Waals surface area contributed by atoms with E-state index >= 15 is 0 Å². The first-order valence-electron chi connectivity index (χ1n) is 6.16. The molecule has 0 amide bonds. The number of hydrogen-bond donors (Lipinski definition) is 1. The van der Waals surface area contributed by atoms with E-state index in [0.717, 1.165) is 21.6 Å². The van der Waals surface area contributed by atoms with Gasteiger partial charge in [-0.05, 0) is 57.0 Å². The van der Waals surface area contributed by atoms with Crippen molar-refractivity contribution >= 4 is 54.8 Å². The monoisotopic (exact) mass is 439 g/mol. The zero-order valence-electron chi connectivity index (χ0n) is 10.7. The second-order valence-corrected chi connectivity index (χ2v) is 7.96. The Morgan fingerprint density at radius 2 is 2.15 bits per heavy atom. The van der Waals surface area contributed by atoms with Gasteiger partial charge in [-0.3, -0.25) is 0 Å². The molecule has 0 fully saturated rings. The summed E-state index contributed by atoms with van der Waals surface area (Å²) in [5.74, 6) is -0.234. The van der Waals surface area contributed by atoms with Gasteiger partial charge in [-0.25, -0.2) is 4.39 Å². The summed E-state index contributed by atoms with van der Waals surface area (Å²) in [7, 11) is 0. The van der Waals surface area contributed by atoms with Crippen LogP contribution in [0.3, 0.4) is 0 Å². The Hall–Kier alpha value is 0.0600. The standard InChI is InChI=1S/C14H13Br2ClFNS/c1-2-6-19-13(11-7-10(17)14(16)20-11)8-4-3-5-9(15)12(8)18/h3-5,7,13,19H,2,6H2,1H3. The fourth-order valence-corrected chi connectivity index (χ4v) is 4.12. The zero-order valence-corrected chi connectivity index (χ0v) is 15.5. The molecule has 20 heavy (non-hydrogen) atoms. The number of thiophene rings is 1. The van der Waals surface area contributed by atoms with Crippen LogP contribution < -0.4 is 5.32 Å². The normalized spacial score (nSPS) is 12.7. The van der Waals surface area contributed by atoms with Gasteiger partial charge in [0.2, 0.25) is 0 Å². The van der Waals surface area contributed by atoms with Crippen LogP contribution in [0.15, 0.2) is 32.5 Å². The fourth-order valence-electron chi connectivity index (χ4n) is 1.90. The molecule has 2 aromatic rings. The van der Waals surface area contributed by atoms with Crippen molar-refractivity contribution in [1.29, 1.82) is 0 Å². The maximum atomic E-state index is 14.3. The average molecular weight is 442 g/mol. The largest absolute Gasteiger partial charge is 0.306 e. The van der Waals surface area contributed by atoms with Crippen molar-refractivity contribution < 1.29 is 4.39 Å². The first-order chi connectivity index (χ1) is 9.54. The highest BCUT2D eigenvalue weighted by Crippen LogP contribution is 2.38. The Morgan fingerprint density at radius 3 is 2.75 bits per heavy atom. The molecule has 0 aliphatic carbocycles. The molecule has 0 saturated heterocycles. The van der Waals surface area contributed by atoms with Gasteiger partial charge in [-0.2, -0.15) is 0 Å². The summed E-state index contributed by atoms with van der Waals surface area (Å²) >= 11 is 14.3. The lowest BCUT2D eigenvalue weighted by Gasteiger charge is -2.18. The van der Waals surface area contributed by atoms with Crippen molar-refractivity contribution in [2.24, 2.45) is 0 Å². The number of hydrogen-bond acceptors (Lipinski definition) is 2. The van der Waals surface area contributed by atoms with Gasteiger partial charge in [-0.1, -0.05) is 30.7 Å². The Morgan fingerprint density at radius 1 is 1.40 bits per heavy atom. The topological polar surface area (TPSA) is 12.0 Å². The van der Waals surface area contributed by atoms with E-state index in [1.54, 1.807) is 12.1 Å². The van der Waals surface area contributed by atoms with Crippen molar-refractivity contribution in [2.45, 2.75) is 19.4 Å². The number of halogens is 4. The molecular weight excluding hydrogens is 428 g/mol. The molecule has 6 heteroatoms. The summed E-state index contributed by atoms with van der Waals surface area (Å²) in [6.07, 6.45) is 0.979. The van der Waals surface area contributed by atoms with Gasteiger partial charge in [0.05, 0.1) is 19.3 Å². The minimum atomic E-state index is -0.234. The van der Waals surface area contributed by atoms with Crippen molar-refractivity contribution in [1.82, 2.24) is 5.32 Å². The second-order valence-electron chi connectivity index (χ2n) is 4.30. The van der Waals surface area contributed by atoms with E-state index in [1.165, 1.54) is 11.3 Å². The van der Waals surface area contributed by atoms with Crippen LogP contribution in [0.5, 0.6) is 0 Å². The lowest BCUT2D eigenvalue weighted by atomic mass is 10.0. The van der Waals surface area contributed by atoms with Crippen LogP contribution in [0.1, 0.15) is 29.8 Å². The van der Waals surface area contributed by atoms with Gasteiger partial charge in [0.15, 0.2) is 0 Å². The van der Waals surface area contributed by atoms with Crippen LogP contribution >= 0.6 is 54.8 Å². The highest BCUT2D eigenvalue weighted by Gasteiger charge is 2.21. The van der Waals surface area contributed by atoms with Crippen molar-refractivity contribution in [3.63, 3.8) is 0 Å². The summed E-state index contributed by atoms with van der Waals surface area (Å²) in [6, 6.07) is 7.03. The van der Waals surface area contributed by atoms with Crippen LogP contribution in [0.25, 0.3) is 0 Å². The third-order valence-electron chi connectivity index (χ3n) is 2.84. The maximum absolute atomic E-state index is 14.3. The molecule has 0 aliphatic heterocycles. The first kappa shape index (κ1) is 16.4. The number of rotatable bonds is 5. The molecule has 108 valence electrons. The van der Waals surface area contributed by atoms with Crippen LogP contribution in [-0.2, 0) is 0 Å². The molecule has 0 saturated carbocycles. The number of benzene rings is 1. The second kappa shape index (κ2) is 7.36. The Kier molecular flexibility index (Phi) is 6.05. The number of nitrogens with one attached hydrogen (secondary N) is 1. The molecule has 0 bridgehead atoms. The summed E-state index contributed by atoms with van der Waals surface area (Å²) in [6.45, 7) is 2.89. The van der Waals surface area contributed by atoms with Gasteiger partial charge in [-0.15, -0.1) is 11.3 Å². The molecule has 0 radical (unpaired) electrons. The van der Waals surface area contributed by atoms with Gasteiger partial charge in [0.1, 0.15) is 5.82 Å². The van der Waals surface area contributed by atoms with E-state index in [1.807, 2.05) is 12.1 Å². The molecular formula is C14H13Br2ClFNS. The predicted molar refractivity (Wildman–Crippen MR) is 91.3 cm³/mol. The van der Waals surface area contributed by atoms with Crippen LogP contribution in [0, 0.1) is 5.82 Å². The third-order valence-corrected chi connectivity index (χ3v) is 5.99. The molecule has 1 N–H and O–H groups in total. The quantitative estimate of drug-likeness (QED) is 0.586. The van der Waals surface area contributed by atoms with E-state index in [9.17, 15) is 4.39 Å². The summed E-state index contributed by atoms with van der Waals surface area (Å²) in [4.78, 5) is 0.993. The van der Waals surface area contributed by atoms with Crippen LogP contribution in [0.2, 0.25) is 5.02 Å². The van der Waals surface area contributed by atoms with E-state index < -0.39 is 0 Å². The lowest BCUT2D eigenvalue weighted by Crippen LogP contribution is -2.23. The molecule has 1 atom stereocenters. The maximum Gasteiger partial charge on any atom is 0.142 e. The molecule has 0 aliphatic rings. The Bertz CT molecular complexity index is 583. The van der Waals surface area contributed by atoms with Crippen molar-refractivity contribution in [2.75, 3.05) is 6.54 Å². The van der Waals surface area contributed by atoms with E-state index in [-0.39, 0.29) is 11.9 Å². The summed E-state index contributed by atoms with van der Waals surface area (Å²) in [5.41, 5.74) is 0.623. The van der Waals surface area contributed by atoms with Crippen molar-refractivity contribution in [3.8, 4) is 0 Å². The van der Waals surface area contributed by atoms with E-state index in [4.69, 9.17) is 11.6 Å². The molecule has 1 nitrogen and oxygen atoms in total. The van der Waals surface area contributed by atoms with Crippen molar-refractivity contribution in [3.05, 3.63) is 53.8 Å². The van der Waals surface area contributed by atoms with E-state index in [0.29, 0.717) is 15.1 Å². The highest BCUT2D eigenvalue weighted by molar-refractivity contribution is 9.11. The molecule has 0 spiro atoms. The zero-order chi connectivity index (χ0) is 14.7. The summed E-state index contributed by atoms with van der Waals surface area (Å²) < 4.78 is 15.7. The van der Waals surface area contributed by atoms with Gasteiger partial charge >= 0.3 is 0 Å². The Labute approximate surface area is 143 Å². The molecule has 1 aromatic heterocycles.